The molecule has 0 bridgehead atoms. The maximum Gasteiger partial charge on any atom is 0.243 e. The van der Waals surface area contributed by atoms with E-state index < -0.39 is 10.0 Å². The molecule has 0 aliphatic carbocycles. The molecule has 0 aliphatic heterocycles. The molecule has 0 N–H and O–H groups in total. The van der Waals surface area contributed by atoms with Crippen molar-refractivity contribution >= 4 is 26.3 Å². The van der Waals surface area contributed by atoms with E-state index in [9.17, 15) is 12.8 Å². The highest BCUT2D eigenvalue weighted by molar-refractivity contribution is 7.89. The molecule has 0 spiro atoms. The number of nitrogens with zero attached hydrogens (tertiary/aromatic N) is 3. The van der Waals surface area contributed by atoms with Crippen molar-refractivity contribution < 1.29 is 12.8 Å². The lowest BCUT2D eigenvalue weighted by molar-refractivity contribution is 0.396. The van der Waals surface area contributed by atoms with Gasteiger partial charge in [0.25, 0.3) is 0 Å². The van der Waals surface area contributed by atoms with E-state index in [2.05, 4.69) is 0 Å². The van der Waals surface area contributed by atoms with Crippen LogP contribution >= 0.6 is 0 Å². The van der Waals surface area contributed by atoms with Crippen molar-refractivity contribution in [2.24, 2.45) is 0 Å². The van der Waals surface area contributed by atoms with Crippen LogP contribution in [-0.4, -0.2) is 22.3 Å². The summed E-state index contributed by atoms with van der Waals surface area (Å²) in [5.41, 5.74) is 4.93. The molecule has 194 valence electrons. The van der Waals surface area contributed by atoms with Gasteiger partial charge in [0.2, 0.25) is 10.0 Å². The number of rotatable bonds is 7. The van der Waals surface area contributed by atoms with E-state index in [-0.39, 0.29) is 23.8 Å². The van der Waals surface area contributed by atoms with E-state index in [0.29, 0.717) is 16.6 Å². The topological polar surface area (TPSA) is 54.7 Å². The predicted molar refractivity (Wildman–Crippen MR) is 152 cm³/mol. The zero-order valence-electron chi connectivity index (χ0n) is 21.3. The first-order valence-electron chi connectivity index (χ1n) is 12.7. The summed E-state index contributed by atoms with van der Waals surface area (Å²) in [5.74, 6) is -0.340. The van der Waals surface area contributed by atoms with Crippen LogP contribution in [0.5, 0.6) is 0 Å². The normalized spacial score (nSPS) is 12.0. The van der Waals surface area contributed by atoms with Gasteiger partial charge >= 0.3 is 0 Å². The number of halogens is 1. The van der Waals surface area contributed by atoms with E-state index in [1.165, 1.54) is 16.4 Å². The van der Waals surface area contributed by atoms with E-state index in [0.717, 1.165) is 27.8 Å². The summed E-state index contributed by atoms with van der Waals surface area (Å²) in [6.07, 6.45) is 0. The van der Waals surface area contributed by atoms with Crippen molar-refractivity contribution in [3.63, 3.8) is 0 Å². The Bertz CT molecular complexity index is 1890. The van der Waals surface area contributed by atoms with Crippen LogP contribution in [0.2, 0.25) is 0 Å². The fourth-order valence-electron chi connectivity index (χ4n) is 4.83. The Balaban J connectivity index is 1.49. The molecule has 0 unspecified atom stereocenters. The van der Waals surface area contributed by atoms with Crippen molar-refractivity contribution in [3.05, 3.63) is 138 Å². The summed E-state index contributed by atoms with van der Waals surface area (Å²) in [6.45, 7) is 2.16. The second-order valence-electron chi connectivity index (χ2n) is 9.63. The number of aryl methyl sites for hydroxylation is 1. The molecule has 7 heteroatoms. The van der Waals surface area contributed by atoms with Crippen LogP contribution in [0.4, 0.5) is 4.39 Å². The minimum Gasteiger partial charge on any atom is -0.232 e. The maximum absolute atomic E-state index is 14.3. The fraction of sp³-hybridized carbons (Fsp3) is 0.0938. The second kappa shape index (κ2) is 10.1. The summed E-state index contributed by atoms with van der Waals surface area (Å²) >= 11 is 0. The SMILES string of the molecule is Cc1ccc(S(=O)(=O)N(Cc2ccccc2)Cc2cc3c4cc(F)ccc4cc(-c4ccccc4)n3n2)cc1. The second-order valence-corrected chi connectivity index (χ2v) is 11.6. The predicted octanol–water partition coefficient (Wildman–Crippen LogP) is 6.99. The molecular formula is C32H26FN3O2S. The van der Waals surface area contributed by atoms with Crippen LogP contribution in [0.15, 0.2) is 120 Å². The molecule has 0 saturated heterocycles. The lowest BCUT2D eigenvalue weighted by Crippen LogP contribution is -2.30. The van der Waals surface area contributed by atoms with Crippen LogP contribution in [0, 0.1) is 12.7 Å². The van der Waals surface area contributed by atoms with Crippen molar-refractivity contribution in [3.8, 4) is 11.3 Å². The zero-order valence-corrected chi connectivity index (χ0v) is 22.1. The average Bonchev–Trinajstić information content (AvgIpc) is 3.38. The Morgan fingerprint density at radius 2 is 1.49 bits per heavy atom. The number of aromatic nitrogens is 2. The Labute approximate surface area is 226 Å². The first-order valence-corrected chi connectivity index (χ1v) is 14.1. The first-order chi connectivity index (χ1) is 18.9. The first kappa shape index (κ1) is 25.0. The fourth-order valence-corrected chi connectivity index (χ4v) is 6.23. The molecule has 0 fully saturated rings. The van der Waals surface area contributed by atoms with Crippen molar-refractivity contribution in [2.75, 3.05) is 0 Å². The van der Waals surface area contributed by atoms with E-state index >= 15 is 0 Å². The summed E-state index contributed by atoms with van der Waals surface area (Å²) in [7, 11) is -3.84. The van der Waals surface area contributed by atoms with Crippen LogP contribution in [0.1, 0.15) is 16.8 Å². The molecule has 0 radical (unpaired) electrons. The van der Waals surface area contributed by atoms with Gasteiger partial charge in [0.05, 0.1) is 28.3 Å². The van der Waals surface area contributed by atoms with Gasteiger partial charge < -0.3 is 0 Å². The molecule has 5 nitrogen and oxygen atoms in total. The van der Waals surface area contributed by atoms with Gasteiger partial charge in [-0.05, 0) is 54.3 Å². The third-order valence-corrected chi connectivity index (χ3v) is 8.65. The van der Waals surface area contributed by atoms with Gasteiger partial charge in [-0.15, -0.1) is 0 Å². The average molecular weight is 536 g/mol. The monoisotopic (exact) mass is 535 g/mol. The maximum atomic E-state index is 14.3. The molecule has 6 aromatic rings. The van der Waals surface area contributed by atoms with Gasteiger partial charge in [-0.3, -0.25) is 0 Å². The van der Waals surface area contributed by atoms with E-state index in [1.807, 2.05) is 79.7 Å². The van der Waals surface area contributed by atoms with E-state index in [4.69, 9.17) is 5.10 Å². The molecule has 2 heterocycles. The van der Waals surface area contributed by atoms with Gasteiger partial charge in [-0.2, -0.15) is 9.40 Å². The molecule has 0 atom stereocenters. The molecule has 0 saturated carbocycles. The van der Waals surface area contributed by atoms with Gasteiger partial charge in [0.1, 0.15) is 5.82 Å². The molecule has 0 amide bonds. The van der Waals surface area contributed by atoms with Crippen LogP contribution in [-0.2, 0) is 23.1 Å². The quantitative estimate of drug-likeness (QED) is 0.221. The lowest BCUT2D eigenvalue weighted by atomic mass is 10.1. The highest BCUT2D eigenvalue weighted by Gasteiger charge is 2.26. The number of pyridine rings is 1. The molecule has 6 rings (SSSR count). The van der Waals surface area contributed by atoms with Crippen molar-refractivity contribution in [2.45, 2.75) is 24.9 Å². The van der Waals surface area contributed by atoms with Gasteiger partial charge in [0.15, 0.2) is 0 Å². The highest BCUT2D eigenvalue weighted by Crippen LogP contribution is 2.30. The number of benzene rings is 4. The Morgan fingerprint density at radius 3 is 2.21 bits per heavy atom. The molecule has 4 aromatic carbocycles. The largest absolute Gasteiger partial charge is 0.243 e. The van der Waals surface area contributed by atoms with Crippen LogP contribution < -0.4 is 0 Å². The van der Waals surface area contributed by atoms with Crippen LogP contribution in [0.25, 0.3) is 27.5 Å². The van der Waals surface area contributed by atoms with Gasteiger partial charge in [-0.25, -0.2) is 17.3 Å². The number of hydrogen-bond acceptors (Lipinski definition) is 3. The minimum absolute atomic E-state index is 0.0534. The Morgan fingerprint density at radius 1 is 0.795 bits per heavy atom. The lowest BCUT2D eigenvalue weighted by Gasteiger charge is -2.21. The molecule has 39 heavy (non-hydrogen) atoms. The third kappa shape index (κ3) is 4.94. The number of sulfonamides is 1. The molecule has 0 aliphatic rings. The zero-order chi connectivity index (χ0) is 27.0. The van der Waals surface area contributed by atoms with Crippen LogP contribution in [0.3, 0.4) is 0 Å². The Kier molecular flexibility index (Phi) is 6.46. The van der Waals surface area contributed by atoms with Gasteiger partial charge in [-0.1, -0.05) is 84.4 Å². The third-order valence-electron chi connectivity index (χ3n) is 6.84. The summed E-state index contributed by atoms with van der Waals surface area (Å²) in [5, 5.41) is 6.45. The number of fused-ring (bicyclic) bond motifs is 3. The molecule has 2 aromatic heterocycles. The Hall–Kier alpha value is -4.33. The standard InChI is InChI=1S/C32H26FN3O2S/c1-23-12-16-29(17-13-23)39(37,38)35(21-24-8-4-2-5-9-24)22-28-20-32-30-19-27(33)15-14-26(30)18-31(36(32)34-28)25-10-6-3-7-11-25/h2-20H,21-22H2,1H3. The smallest absolute Gasteiger partial charge is 0.232 e. The minimum atomic E-state index is -3.84. The summed E-state index contributed by atoms with van der Waals surface area (Å²) in [6, 6.07) is 34.8. The van der Waals surface area contributed by atoms with Crippen molar-refractivity contribution in [1.29, 1.82) is 0 Å². The number of hydrogen-bond donors (Lipinski definition) is 0. The molecular weight excluding hydrogens is 509 g/mol. The van der Waals surface area contributed by atoms with Gasteiger partial charge in [0, 0.05) is 17.5 Å². The summed E-state index contributed by atoms with van der Waals surface area (Å²) < 4.78 is 45.2. The summed E-state index contributed by atoms with van der Waals surface area (Å²) in [4.78, 5) is 0.227. The van der Waals surface area contributed by atoms with E-state index in [1.54, 1.807) is 34.8 Å². The highest BCUT2D eigenvalue weighted by atomic mass is 32.2. The van der Waals surface area contributed by atoms with Crippen molar-refractivity contribution in [1.82, 2.24) is 13.9 Å².